The lowest BCUT2D eigenvalue weighted by molar-refractivity contribution is -0.385. The van der Waals surface area contributed by atoms with Gasteiger partial charge in [-0.2, -0.15) is 0 Å². The fraction of sp³-hybridized carbons (Fsp3) is 0.286. The van der Waals surface area contributed by atoms with Crippen molar-refractivity contribution in [3.05, 3.63) is 45.4 Å². The minimum absolute atomic E-state index is 0.00958. The van der Waals surface area contributed by atoms with E-state index in [1.165, 1.54) is 13.0 Å². The number of nitrogens with one attached hydrogen (secondary N) is 1. The van der Waals surface area contributed by atoms with Crippen molar-refractivity contribution in [3.8, 4) is 11.3 Å². The number of aromatic nitrogens is 2. The molecule has 0 unspecified atom stereocenters. The van der Waals surface area contributed by atoms with Gasteiger partial charge >= 0.3 is 5.69 Å². The van der Waals surface area contributed by atoms with E-state index >= 15 is 0 Å². The summed E-state index contributed by atoms with van der Waals surface area (Å²) in [6.45, 7) is 5.71. The lowest BCUT2D eigenvalue weighted by Crippen LogP contribution is -2.08. The van der Waals surface area contributed by atoms with Gasteiger partial charge < -0.3 is 5.32 Å². The van der Waals surface area contributed by atoms with E-state index in [2.05, 4.69) is 15.3 Å². The molecule has 1 N–H and O–H groups in total. The van der Waals surface area contributed by atoms with E-state index in [1.807, 2.05) is 6.92 Å². The molecule has 0 bridgehead atoms. The van der Waals surface area contributed by atoms with Crippen LogP contribution in [0.15, 0.2) is 18.2 Å². The van der Waals surface area contributed by atoms with Gasteiger partial charge in [0.25, 0.3) is 0 Å². The van der Waals surface area contributed by atoms with Gasteiger partial charge in [-0.15, -0.1) is 0 Å². The van der Waals surface area contributed by atoms with Gasteiger partial charge in [-0.25, -0.2) is 14.4 Å². The van der Waals surface area contributed by atoms with Crippen molar-refractivity contribution in [1.82, 2.24) is 9.97 Å². The SMILES string of the molecule is CCNc1nc(C)c([N+](=O)[O-])c(-c2cc(C)ccc2F)n1. The first-order valence-corrected chi connectivity index (χ1v) is 6.47. The molecule has 2 aromatic rings. The average Bonchev–Trinajstić information content (AvgIpc) is 2.40. The van der Waals surface area contributed by atoms with Crippen LogP contribution in [0.5, 0.6) is 0 Å². The third kappa shape index (κ3) is 2.96. The van der Waals surface area contributed by atoms with Crippen LogP contribution in [0.3, 0.4) is 0 Å². The van der Waals surface area contributed by atoms with Crippen molar-refractivity contribution in [1.29, 1.82) is 0 Å². The van der Waals surface area contributed by atoms with Gasteiger partial charge in [0.05, 0.1) is 4.92 Å². The molecule has 0 saturated carbocycles. The summed E-state index contributed by atoms with van der Waals surface area (Å²) >= 11 is 0. The average molecular weight is 290 g/mol. The van der Waals surface area contributed by atoms with Gasteiger partial charge in [-0.3, -0.25) is 10.1 Å². The molecule has 1 aromatic carbocycles. The van der Waals surface area contributed by atoms with Gasteiger partial charge in [-0.05, 0) is 32.9 Å². The van der Waals surface area contributed by atoms with E-state index in [-0.39, 0.29) is 28.6 Å². The van der Waals surface area contributed by atoms with Gasteiger partial charge in [0.1, 0.15) is 11.5 Å². The zero-order chi connectivity index (χ0) is 15.6. The molecule has 0 aliphatic rings. The summed E-state index contributed by atoms with van der Waals surface area (Å²) in [4.78, 5) is 18.8. The molecule has 0 aliphatic carbocycles. The Kier molecular flexibility index (Phi) is 4.11. The quantitative estimate of drug-likeness (QED) is 0.690. The Morgan fingerprint density at radius 3 is 2.67 bits per heavy atom. The Bertz CT molecular complexity index is 704. The van der Waals surface area contributed by atoms with Crippen molar-refractivity contribution in [2.24, 2.45) is 0 Å². The van der Waals surface area contributed by atoms with Crippen LogP contribution in [-0.4, -0.2) is 21.4 Å². The Balaban J connectivity index is 2.75. The molecule has 0 aliphatic heterocycles. The van der Waals surface area contributed by atoms with Crippen molar-refractivity contribution in [2.75, 3.05) is 11.9 Å². The molecule has 0 atom stereocenters. The highest BCUT2D eigenvalue weighted by atomic mass is 19.1. The van der Waals surface area contributed by atoms with Crippen LogP contribution in [0.1, 0.15) is 18.2 Å². The van der Waals surface area contributed by atoms with Crippen LogP contribution in [0, 0.1) is 29.8 Å². The van der Waals surface area contributed by atoms with Crippen LogP contribution in [0.25, 0.3) is 11.3 Å². The normalized spacial score (nSPS) is 10.5. The largest absolute Gasteiger partial charge is 0.354 e. The molecule has 1 aromatic heterocycles. The molecule has 6 nitrogen and oxygen atoms in total. The highest BCUT2D eigenvalue weighted by Gasteiger charge is 2.25. The van der Waals surface area contributed by atoms with Crippen LogP contribution in [0.4, 0.5) is 16.0 Å². The maximum absolute atomic E-state index is 14.0. The second-order valence-corrected chi connectivity index (χ2v) is 4.60. The summed E-state index contributed by atoms with van der Waals surface area (Å²) in [6, 6.07) is 4.42. The number of benzene rings is 1. The van der Waals surface area contributed by atoms with E-state index in [9.17, 15) is 14.5 Å². The summed E-state index contributed by atoms with van der Waals surface area (Å²) in [5.74, 6) is -0.305. The third-order valence-electron chi connectivity index (χ3n) is 2.95. The lowest BCUT2D eigenvalue weighted by atomic mass is 10.1. The zero-order valence-corrected chi connectivity index (χ0v) is 12.0. The molecule has 0 spiro atoms. The predicted molar refractivity (Wildman–Crippen MR) is 77.7 cm³/mol. The second kappa shape index (κ2) is 5.82. The first-order chi connectivity index (χ1) is 9.93. The maximum atomic E-state index is 14.0. The number of hydrogen-bond acceptors (Lipinski definition) is 5. The molecule has 2 rings (SSSR count). The standard InChI is InChI=1S/C14H15FN4O2/c1-4-16-14-17-9(3)13(19(20)21)12(18-14)10-7-8(2)5-6-11(10)15/h5-7H,4H2,1-3H3,(H,16,17,18). The van der Waals surface area contributed by atoms with Crippen LogP contribution in [0.2, 0.25) is 0 Å². The number of nitrogens with zero attached hydrogens (tertiary/aromatic N) is 3. The highest BCUT2D eigenvalue weighted by molar-refractivity contribution is 5.72. The number of anilines is 1. The Labute approximate surface area is 121 Å². The first-order valence-electron chi connectivity index (χ1n) is 6.47. The minimum Gasteiger partial charge on any atom is -0.354 e. The topological polar surface area (TPSA) is 81.0 Å². The molecule has 0 saturated heterocycles. The monoisotopic (exact) mass is 290 g/mol. The first kappa shape index (κ1) is 14.8. The number of rotatable bonds is 4. The molecule has 0 amide bonds. The van der Waals surface area contributed by atoms with Crippen LogP contribution < -0.4 is 5.32 Å². The lowest BCUT2D eigenvalue weighted by Gasteiger charge is -2.09. The molecular weight excluding hydrogens is 275 g/mol. The Hall–Kier alpha value is -2.57. The summed E-state index contributed by atoms with van der Waals surface area (Å²) in [7, 11) is 0. The van der Waals surface area contributed by atoms with Crippen LogP contribution >= 0.6 is 0 Å². The van der Waals surface area contributed by atoms with Gasteiger partial charge in [0, 0.05) is 12.1 Å². The molecule has 110 valence electrons. The van der Waals surface area contributed by atoms with Crippen molar-refractivity contribution in [3.63, 3.8) is 0 Å². The maximum Gasteiger partial charge on any atom is 0.316 e. The molecular formula is C14H15FN4O2. The van der Waals surface area contributed by atoms with E-state index in [0.29, 0.717) is 6.54 Å². The van der Waals surface area contributed by atoms with Crippen molar-refractivity contribution < 1.29 is 9.31 Å². The highest BCUT2D eigenvalue weighted by Crippen LogP contribution is 2.33. The van der Waals surface area contributed by atoms with Gasteiger partial charge in [0.2, 0.25) is 5.95 Å². The summed E-state index contributed by atoms with van der Waals surface area (Å²) in [6.07, 6.45) is 0. The van der Waals surface area contributed by atoms with E-state index in [4.69, 9.17) is 0 Å². The third-order valence-corrected chi connectivity index (χ3v) is 2.95. The fourth-order valence-electron chi connectivity index (χ4n) is 2.03. The molecule has 0 fully saturated rings. The van der Waals surface area contributed by atoms with E-state index < -0.39 is 10.7 Å². The number of aryl methyl sites for hydroxylation is 2. The van der Waals surface area contributed by atoms with E-state index in [0.717, 1.165) is 5.56 Å². The second-order valence-electron chi connectivity index (χ2n) is 4.60. The molecule has 21 heavy (non-hydrogen) atoms. The molecule has 1 heterocycles. The number of halogens is 1. The van der Waals surface area contributed by atoms with Crippen molar-refractivity contribution in [2.45, 2.75) is 20.8 Å². The van der Waals surface area contributed by atoms with Crippen molar-refractivity contribution >= 4 is 11.6 Å². The van der Waals surface area contributed by atoms with Gasteiger partial charge in [-0.1, -0.05) is 11.6 Å². The van der Waals surface area contributed by atoms with E-state index in [1.54, 1.807) is 19.1 Å². The van der Waals surface area contributed by atoms with Crippen LogP contribution in [-0.2, 0) is 0 Å². The zero-order valence-electron chi connectivity index (χ0n) is 12.0. The predicted octanol–water partition coefficient (Wildman–Crippen LogP) is 3.24. The Morgan fingerprint density at radius 1 is 1.33 bits per heavy atom. The minimum atomic E-state index is -0.581. The number of nitro groups is 1. The Morgan fingerprint density at radius 2 is 2.05 bits per heavy atom. The smallest absolute Gasteiger partial charge is 0.316 e. The number of hydrogen-bond donors (Lipinski definition) is 1. The summed E-state index contributed by atoms with van der Waals surface area (Å²) < 4.78 is 14.0. The summed E-state index contributed by atoms with van der Waals surface area (Å²) in [5.41, 5.74) is 0.806. The van der Waals surface area contributed by atoms with Gasteiger partial charge in [0.15, 0.2) is 5.69 Å². The molecule has 0 radical (unpaired) electrons. The molecule has 7 heteroatoms. The summed E-state index contributed by atoms with van der Waals surface area (Å²) in [5, 5.41) is 14.2. The fourth-order valence-corrected chi connectivity index (χ4v) is 2.03.